The van der Waals surface area contributed by atoms with Crippen LogP contribution in [-0.4, -0.2) is 202 Å². The maximum Gasteiger partial charge on any atom is 0.324 e. The van der Waals surface area contributed by atoms with Gasteiger partial charge in [0, 0.05) is 130 Å². The van der Waals surface area contributed by atoms with Gasteiger partial charge in [-0.05, 0) is 82.7 Å². The molecule has 3 aromatic heterocycles. The number of likely N-dealkylation sites (N-methyl/N-ethyl adjacent to an activating group) is 1. The summed E-state index contributed by atoms with van der Waals surface area (Å²) in [6.07, 6.45) is 7.02. The van der Waals surface area contributed by atoms with Gasteiger partial charge in [0.1, 0.15) is 23.2 Å². The first-order valence-electron chi connectivity index (χ1n) is 28.3. The van der Waals surface area contributed by atoms with Crippen molar-refractivity contribution in [3.8, 4) is 22.5 Å². The molecule has 6 saturated heterocycles. The van der Waals surface area contributed by atoms with Crippen molar-refractivity contribution in [3.05, 3.63) is 52.1 Å². The molecule has 2 N–H and O–H groups in total. The van der Waals surface area contributed by atoms with Gasteiger partial charge in [-0.25, -0.2) is 10.4 Å². The van der Waals surface area contributed by atoms with E-state index in [1.54, 1.807) is 7.11 Å². The Morgan fingerprint density at radius 1 is 0.961 bits per heavy atom. The van der Waals surface area contributed by atoms with Gasteiger partial charge in [0.2, 0.25) is 0 Å². The van der Waals surface area contributed by atoms with Crippen LogP contribution < -0.4 is 15.6 Å². The van der Waals surface area contributed by atoms with Gasteiger partial charge >= 0.3 is 5.97 Å². The number of carbonyl (C=O) groups excluding carboxylic acids is 3. The highest BCUT2D eigenvalue weighted by atomic mass is 32.1. The molecule has 6 bridgehead atoms. The lowest BCUT2D eigenvalue weighted by molar-refractivity contribution is -0.203. The van der Waals surface area contributed by atoms with E-state index in [9.17, 15) is 9.59 Å². The van der Waals surface area contributed by atoms with Crippen LogP contribution in [0.2, 0.25) is 0 Å². The van der Waals surface area contributed by atoms with Crippen molar-refractivity contribution in [1.29, 1.82) is 0 Å². The molecule has 8 aliphatic rings. The molecule has 7 fully saturated rings. The number of hydrazine groups is 1. The van der Waals surface area contributed by atoms with Crippen molar-refractivity contribution in [2.24, 2.45) is 10.8 Å². The van der Waals surface area contributed by atoms with Crippen molar-refractivity contribution >= 4 is 45.7 Å². The lowest BCUT2D eigenvalue weighted by Gasteiger charge is -2.58. The summed E-state index contributed by atoms with van der Waals surface area (Å²) in [6.45, 7) is 17.5. The van der Waals surface area contributed by atoms with Gasteiger partial charge in [0.25, 0.3) is 11.8 Å². The van der Waals surface area contributed by atoms with E-state index in [1.165, 1.54) is 29.2 Å². The van der Waals surface area contributed by atoms with Crippen molar-refractivity contribution < 1.29 is 42.8 Å². The first-order valence-corrected chi connectivity index (χ1v) is 29.2. The van der Waals surface area contributed by atoms with Crippen LogP contribution in [0, 0.1) is 10.8 Å². The van der Waals surface area contributed by atoms with Crippen LogP contribution in [-0.2, 0) is 55.8 Å². The largest absolute Gasteiger partial charge is 0.464 e. The number of cyclic esters (lactones) is 1. The molecule has 4 aromatic rings. The molecule has 1 aromatic carbocycles. The van der Waals surface area contributed by atoms with Crippen LogP contribution in [0.4, 0.5) is 5.69 Å². The standard InChI is InChI=1S/C57H78N10O9S/c1-36(71-5)48-42(26-39(28-58-48)64-17-15-63(16-18-64)38-9-10-38)50-43-27-56(2,3)33-76-55(70)44-7-6-14-67(61-44)54(69)49(60-52(68)47-29-62(4)19-23-75-47)51(65-31-57(32-65)34-73-35-57)53-59-45(30-77-53)37-8-11-46(41(43)25-37)66(50)20-24-74-40-12-21-72-22-13-40/h8,11,25-26,28,30,36,38,40,44,47,49,51,61H,6-7,9-10,12-24,27,29,31-35H2,1-5H3,(H,60,68)/t36-,44-,47-,49-,51-/m0/s1. The molecule has 12 rings (SSSR count). The number of rotatable bonds is 12. The van der Waals surface area contributed by atoms with E-state index in [0.717, 1.165) is 95.4 Å². The highest BCUT2D eigenvalue weighted by molar-refractivity contribution is 7.10. The summed E-state index contributed by atoms with van der Waals surface area (Å²) in [5, 5.41) is 8.61. The number of aromatic nitrogens is 3. The van der Waals surface area contributed by atoms with Crippen LogP contribution in [0.25, 0.3) is 33.4 Å². The molecule has 10 heterocycles. The number of thiazole rings is 1. The first kappa shape index (κ1) is 53.1. The minimum absolute atomic E-state index is 0.00591. The molecule has 19 nitrogen and oxygen atoms in total. The van der Waals surface area contributed by atoms with Crippen molar-refractivity contribution in [3.63, 3.8) is 0 Å². The van der Waals surface area contributed by atoms with E-state index >= 15 is 4.79 Å². The fraction of sp³-hybridized carbons (Fsp3) is 0.667. The van der Waals surface area contributed by atoms with Crippen molar-refractivity contribution in [2.45, 2.75) is 115 Å². The van der Waals surface area contributed by atoms with Crippen LogP contribution in [0.15, 0.2) is 35.8 Å². The zero-order valence-electron chi connectivity index (χ0n) is 45.6. The van der Waals surface area contributed by atoms with Crippen LogP contribution in [0.5, 0.6) is 0 Å². The summed E-state index contributed by atoms with van der Waals surface area (Å²) in [7, 11) is 3.71. The molecule has 1 spiro atoms. The third kappa shape index (κ3) is 11.0. The molecule has 1 aliphatic carbocycles. The summed E-state index contributed by atoms with van der Waals surface area (Å²) in [5.74, 6) is -1.11. The summed E-state index contributed by atoms with van der Waals surface area (Å²) in [4.78, 5) is 64.3. The molecule has 416 valence electrons. The van der Waals surface area contributed by atoms with Gasteiger partial charge < -0.3 is 48.1 Å². The minimum Gasteiger partial charge on any atom is -0.464 e. The Kier molecular flexibility index (Phi) is 15.3. The number of fused-ring (bicyclic) bond motifs is 6. The summed E-state index contributed by atoms with van der Waals surface area (Å²) < 4.78 is 39.0. The molecule has 5 atom stereocenters. The topological polar surface area (TPSA) is 178 Å². The zero-order chi connectivity index (χ0) is 53.0. The number of amides is 2. The minimum atomic E-state index is -1.06. The molecule has 20 heteroatoms. The molecule has 2 amide bonds. The van der Waals surface area contributed by atoms with Gasteiger partial charge in [0.05, 0.1) is 80.3 Å². The molecular weight excluding hydrogens is 1000 g/mol. The van der Waals surface area contributed by atoms with E-state index in [-0.39, 0.29) is 36.0 Å². The van der Waals surface area contributed by atoms with Crippen LogP contribution in [0.1, 0.15) is 87.7 Å². The number of ether oxygens (including phenoxy) is 6. The number of nitrogens with zero attached hydrogens (tertiary/aromatic N) is 8. The SMILES string of the molecule is CO[C@@H](C)c1ncc(N2CCN(C3CC3)CC2)cc1-c1c2c3cc(ccc3n1CCOC1CCOCC1)-c1csc(n1)[C@@H](N1CC3(COC3)C1)[C@H](NC(=O)[C@@H]1CN(C)CCO1)C(=O)N1CCC[C@H](N1)C(=O)OCC(C)(C)C2. The lowest BCUT2D eigenvalue weighted by Crippen LogP contribution is -2.70. The third-order valence-corrected chi connectivity index (χ3v) is 18.4. The Morgan fingerprint density at radius 2 is 1.77 bits per heavy atom. The van der Waals surface area contributed by atoms with Gasteiger partial charge in [-0.15, -0.1) is 11.3 Å². The number of carbonyl (C=O) groups is 3. The highest BCUT2D eigenvalue weighted by Gasteiger charge is 2.55. The maximum atomic E-state index is 15.3. The molecule has 0 unspecified atom stereocenters. The molecule has 0 radical (unpaired) electrons. The number of benzene rings is 1. The van der Waals surface area contributed by atoms with Crippen molar-refractivity contribution in [2.75, 3.05) is 124 Å². The van der Waals surface area contributed by atoms with Gasteiger partial charge in [-0.2, -0.15) is 0 Å². The van der Waals surface area contributed by atoms with Gasteiger partial charge in [0.15, 0.2) is 0 Å². The number of esters is 1. The van der Waals surface area contributed by atoms with Crippen LogP contribution >= 0.6 is 11.3 Å². The number of anilines is 1. The second-order valence-corrected chi connectivity index (χ2v) is 24.8. The number of hydrogen-bond acceptors (Lipinski definition) is 17. The maximum absolute atomic E-state index is 15.3. The summed E-state index contributed by atoms with van der Waals surface area (Å²) in [5.41, 5.74) is 10.6. The molecule has 77 heavy (non-hydrogen) atoms. The average Bonchev–Trinajstić information content (AvgIpc) is 4.32. The second kappa shape index (κ2) is 22.1. The summed E-state index contributed by atoms with van der Waals surface area (Å²) >= 11 is 1.50. The Balaban J connectivity index is 0.997. The van der Waals surface area contributed by atoms with E-state index in [2.05, 4.69) is 85.3 Å². The van der Waals surface area contributed by atoms with Crippen molar-refractivity contribution in [1.82, 2.24) is 45.0 Å². The average molecular weight is 1080 g/mol. The van der Waals surface area contributed by atoms with E-state index < -0.39 is 35.6 Å². The summed E-state index contributed by atoms with van der Waals surface area (Å²) in [6, 6.07) is 7.25. The van der Waals surface area contributed by atoms with Gasteiger partial charge in [-0.1, -0.05) is 19.9 Å². The Bertz CT molecular complexity index is 2790. The fourth-order valence-electron chi connectivity index (χ4n) is 12.8. The zero-order valence-corrected chi connectivity index (χ0v) is 46.5. The molecule has 7 aliphatic heterocycles. The third-order valence-electron chi connectivity index (χ3n) is 17.4. The van der Waals surface area contributed by atoms with Gasteiger partial charge in [-0.3, -0.25) is 34.2 Å². The molecular formula is C57H78N10O9S. The number of methoxy groups -OCH3 is 1. The smallest absolute Gasteiger partial charge is 0.324 e. The van der Waals surface area contributed by atoms with E-state index in [0.29, 0.717) is 103 Å². The van der Waals surface area contributed by atoms with E-state index in [4.69, 9.17) is 38.4 Å². The predicted molar refractivity (Wildman–Crippen MR) is 291 cm³/mol. The normalized spacial score (nSPS) is 27.2. The first-order chi connectivity index (χ1) is 37.3. The number of hydrogen-bond donors (Lipinski definition) is 2. The predicted octanol–water partition coefficient (Wildman–Crippen LogP) is 4.82. The fourth-order valence-corrected chi connectivity index (χ4v) is 13.8. The number of pyridine rings is 1. The monoisotopic (exact) mass is 1080 g/mol. The van der Waals surface area contributed by atoms with Crippen LogP contribution in [0.3, 0.4) is 0 Å². The number of nitrogens with one attached hydrogen (secondary N) is 2. The Labute approximate surface area is 456 Å². The lowest BCUT2D eigenvalue weighted by atomic mass is 9.76. The quantitative estimate of drug-likeness (QED) is 0.185. The molecule has 1 saturated carbocycles. The number of likely N-dealkylation sites (tertiary alicyclic amines) is 1. The number of morpholine rings is 1. The van der Waals surface area contributed by atoms with E-state index in [1.807, 2.05) is 13.2 Å². The second-order valence-electron chi connectivity index (χ2n) is 23.9. The Hall–Kier alpha value is -4.61. The Morgan fingerprint density at radius 3 is 2.51 bits per heavy atom. The highest BCUT2D eigenvalue weighted by Crippen LogP contribution is 2.47. The number of piperazine rings is 1.